The van der Waals surface area contributed by atoms with Crippen molar-refractivity contribution >= 4 is 156 Å². The molecule has 0 aliphatic carbocycles. The number of carbonyl (C=O) groups is 3. The first kappa shape index (κ1) is 112. The number of methoxy groups -OCH3 is 3. The van der Waals surface area contributed by atoms with Crippen LogP contribution in [0.5, 0.6) is 0 Å². The van der Waals surface area contributed by atoms with Crippen molar-refractivity contribution in [3.63, 3.8) is 0 Å². The first-order valence-electron chi connectivity index (χ1n) is 41.9. The van der Waals surface area contributed by atoms with Crippen molar-refractivity contribution in [3.05, 3.63) is 322 Å². The quantitative estimate of drug-likeness (QED) is 0.0222. The summed E-state index contributed by atoms with van der Waals surface area (Å²) in [6.45, 7) is 16.5. The second kappa shape index (κ2) is 49.7. The summed E-state index contributed by atoms with van der Waals surface area (Å²) in [5.74, 6) is -3.48. The van der Waals surface area contributed by atoms with E-state index in [4.69, 9.17) is 43.7 Å². The molecule has 4 N–H and O–H groups in total. The minimum Gasteiger partial charge on any atom is -0.478 e. The van der Waals surface area contributed by atoms with Crippen molar-refractivity contribution in [1.29, 1.82) is 0 Å². The molecule has 0 atom stereocenters. The highest BCUT2D eigenvalue weighted by molar-refractivity contribution is 14.1. The summed E-state index contributed by atoms with van der Waals surface area (Å²) in [6.07, 6.45) is 7.20. The molecule has 140 heavy (non-hydrogen) atoms. The molecule has 15 aromatic rings. The molecule has 0 bridgehead atoms. The molecular weight excluding hydrogens is 2210 g/mol. The lowest BCUT2D eigenvalue weighted by molar-refractivity contribution is -0.179. The molecule has 2 fully saturated rings. The van der Waals surface area contributed by atoms with E-state index in [1.165, 1.54) is 87.0 Å². The second-order valence-corrected chi connectivity index (χ2v) is 38.9. The molecule has 1 amide bonds. The first-order valence-corrected chi connectivity index (χ1v) is 47.6. The lowest BCUT2D eigenvalue weighted by Crippen LogP contribution is -2.41. The number of primary amides is 1. The molecule has 8 heterocycles. The number of aromatic nitrogens is 14. The number of nitrogens with two attached hydrogens (primary N) is 1. The number of benzene rings is 9. The zero-order valence-electron chi connectivity index (χ0n) is 77.9. The highest BCUT2D eigenvalue weighted by Crippen LogP contribution is 2.41. The smallest absolute Gasteiger partial charge is 0.478 e. The van der Waals surface area contributed by atoms with Crippen molar-refractivity contribution in [2.45, 2.75) is 110 Å². The van der Waals surface area contributed by atoms with Crippen molar-refractivity contribution in [1.82, 2.24) is 73.3 Å². The third-order valence-electron chi connectivity index (χ3n) is 21.5. The van der Waals surface area contributed by atoms with Gasteiger partial charge in [-0.05, 0) is 246 Å². The van der Waals surface area contributed by atoms with Gasteiger partial charge in [-0.25, -0.2) is 73.2 Å². The predicted octanol–water partition coefficient (Wildman–Crippen LogP) is 19.2. The van der Waals surface area contributed by atoms with E-state index in [2.05, 4.69) is 114 Å². The lowest BCUT2D eigenvalue weighted by atomic mass is 9.77. The Morgan fingerprint density at radius 3 is 1.23 bits per heavy atom. The van der Waals surface area contributed by atoms with Crippen LogP contribution in [0.3, 0.4) is 0 Å². The Bertz CT molecular complexity index is 6610. The molecule has 0 spiro atoms. The fourth-order valence-electron chi connectivity index (χ4n) is 13.1. The van der Waals surface area contributed by atoms with Gasteiger partial charge in [0.1, 0.15) is 59.9 Å². The third kappa shape index (κ3) is 27.8. The first-order chi connectivity index (χ1) is 65.8. The number of nitrogens with one attached hydrogen (secondary N) is 1. The van der Waals surface area contributed by atoms with Crippen LogP contribution < -0.4 is 21.6 Å². The van der Waals surface area contributed by atoms with Crippen LogP contribution in [-0.4, -0.2) is 183 Å². The number of aryl methyl sites for hydroxylation is 3. The van der Waals surface area contributed by atoms with Gasteiger partial charge in [0.15, 0.2) is 34.9 Å². The van der Waals surface area contributed by atoms with Gasteiger partial charge in [-0.15, -0.1) is 0 Å². The number of carboxylic acids is 1. The maximum Gasteiger partial charge on any atom is 0.497 e. The van der Waals surface area contributed by atoms with Crippen LogP contribution in [-0.2, 0) is 77.1 Å². The lowest BCUT2D eigenvalue weighted by Gasteiger charge is -2.32. The van der Waals surface area contributed by atoms with Gasteiger partial charge in [0.2, 0.25) is 6.41 Å². The van der Waals surface area contributed by atoms with Gasteiger partial charge in [-0.2, -0.15) is 20.4 Å². The number of amides is 1. The molecule has 0 radical (unpaired) electrons. The predicted molar refractivity (Wildman–Crippen MR) is 545 cm³/mol. The van der Waals surface area contributed by atoms with E-state index in [0.29, 0.717) is 98.9 Å². The summed E-state index contributed by atoms with van der Waals surface area (Å²) < 4.78 is 156. The number of nitrogens with zero attached hydrogens (tertiary/aromatic N) is 15. The van der Waals surface area contributed by atoms with E-state index < -0.39 is 87.8 Å². The van der Waals surface area contributed by atoms with Crippen molar-refractivity contribution < 1.29 is 87.1 Å². The number of rotatable bonds is 19. The SMILES string of the molecule is C.COC(=O)c1cnc(N(Cc2ccccc2)Cc2ccccc2)c2c1cc(I)n2S(=O)(=O)c1ccccc1.COC(OC)N(C)C.Cn1cnc(-c2cccc(B3OC(C)(C)C(C)(C)O3)c2F)n1.Cn1cnc(-c2cccc(B3OC(C)(C)C(C)(C)O3)c2F)n1.Cn1cnc(-c2cccc(Br)c2F)n1.Fc1c(Br)cccc1-c1ncn[nH]1.NC(=O)c1cccc(Br)c1F.O=C(O)c1cccc(Br)c1F. The number of hydrogen-bond donors (Lipinski definition) is 3. The molecule has 9 aromatic carbocycles. The Morgan fingerprint density at radius 1 is 0.507 bits per heavy atom. The van der Waals surface area contributed by atoms with Crippen molar-refractivity contribution in [2.75, 3.05) is 40.3 Å². The second-order valence-electron chi connectivity index (χ2n) is 32.6. The minimum absolute atomic E-state index is 0. The average molecular weight is 2310 g/mol. The standard InChI is InChI=1S/C29H24IN3O4S.2C15H19BFN3O2.C9H7BrFN3.C8H5BrFN3.C7H5BrFNO.C7H4BrFO2.C5H13NO2.CH4/c1-37-29(34)25-18-31-28(32(19-21-11-5-2-6-12-21)20-22-13-7-3-8-14-22)27-24(25)17-26(30)33(27)38(35,36)23-15-9-4-10-16-23;2*1-14(2)15(3,4)22-16(21-14)11-8-6-7-10(12(11)17)13-18-9-20(5)19-13;1-14-5-12-9(13-14)6-3-2-4-7(10)8(6)11;9-6-3-1-2-5(7(6)10)8-11-4-12-13-8;2*8-5-3-1-2-4(6(5)9)7(10)11;1-6(2)5(7-3)8-4;/h2-18H,19-20H2,1H3;2*6-9H,1-5H3;2-5H,1H3;1-4H,(H,11,12,13);1-3H,(H2,10,11);1-3H,(H,10,11);5H,1-4H3;1H4. The summed E-state index contributed by atoms with van der Waals surface area (Å²) >= 11 is 14.0. The number of H-pyrrole nitrogens is 1. The van der Waals surface area contributed by atoms with E-state index in [9.17, 15) is 49.1 Å². The molecule has 736 valence electrons. The summed E-state index contributed by atoms with van der Waals surface area (Å²) in [5.41, 5.74) is 7.24. The number of anilines is 1. The summed E-state index contributed by atoms with van der Waals surface area (Å²) in [6, 6.07) is 58.5. The van der Waals surface area contributed by atoms with E-state index in [-0.39, 0.29) is 56.0 Å². The number of pyridine rings is 1. The molecule has 17 rings (SSSR count). The molecule has 30 nitrogen and oxygen atoms in total. The van der Waals surface area contributed by atoms with Gasteiger partial charge >= 0.3 is 26.2 Å². The molecule has 2 saturated heterocycles. The van der Waals surface area contributed by atoms with E-state index >= 15 is 0 Å². The normalized spacial score (nSPS) is 13.4. The molecule has 6 aromatic heterocycles. The van der Waals surface area contributed by atoms with Gasteiger partial charge in [-0.1, -0.05) is 135 Å². The van der Waals surface area contributed by atoms with Gasteiger partial charge in [-0.3, -0.25) is 28.8 Å². The molecule has 0 unspecified atom stereocenters. The van der Waals surface area contributed by atoms with E-state index in [1.807, 2.05) is 163 Å². The third-order valence-corrected chi connectivity index (χ3v) is 26.8. The number of esters is 1. The summed E-state index contributed by atoms with van der Waals surface area (Å²) in [5, 5.41) is 27.5. The van der Waals surface area contributed by atoms with Crippen molar-refractivity contribution in [3.8, 4) is 45.6 Å². The average Bonchev–Trinajstić information content (AvgIpc) is 1.57. The Kier molecular flexibility index (Phi) is 39.8. The van der Waals surface area contributed by atoms with Crippen LogP contribution in [0.4, 0.5) is 32.2 Å². The van der Waals surface area contributed by atoms with Crippen LogP contribution in [0.2, 0.25) is 0 Å². The zero-order chi connectivity index (χ0) is 102. The fourth-order valence-corrected chi connectivity index (χ4v) is 17.3. The van der Waals surface area contributed by atoms with Gasteiger partial charge < -0.3 is 48.6 Å². The van der Waals surface area contributed by atoms with Crippen molar-refractivity contribution in [2.24, 2.45) is 26.9 Å². The highest BCUT2D eigenvalue weighted by Gasteiger charge is 2.54. The maximum atomic E-state index is 14.9. The van der Waals surface area contributed by atoms with E-state index in [0.717, 1.165) is 11.1 Å². The zero-order valence-corrected chi connectivity index (χ0v) is 87.2. The number of carbonyl (C=O) groups excluding carboxylic acids is 2. The van der Waals surface area contributed by atoms with Crippen LogP contribution in [0.25, 0.3) is 56.5 Å². The Morgan fingerprint density at radius 2 is 0.879 bits per heavy atom. The number of hydrogen-bond acceptors (Lipinski definition) is 23. The number of ether oxygens (including phenoxy) is 3. The molecular formula is C96H100B2Br4F6IN17O13S. The Hall–Kier alpha value is -11.5. The van der Waals surface area contributed by atoms with Crippen LogP contribution in [0, 0.1) is 38.6 Å². The monoisotopic (exact) mass is 2310 g/mol. The minimum atomic E-state index is -4.01. The molecule has 44 heteroatoms. The van der Waals surface area contributed by atoms with Gasteiger partial charge in [0, 0.05) is 71.0 Å². The fraction of sp³-hybridized carbons (Fsp3) is 0.250. The Labute approximate surface area is 854 Å². The highest BCUT2D eigenvalue weighted by atomic mass is 127. The maximum absolute atomic E-state index is 14.9. The number of fused-ring (bicyclic) bond motifs is 1. The van der Waals surface area contributed by atoms with E-state index in [1.54, 1.807) is 151 Å². The largest absolute Gasteiger partial charge is 0.497 e. The topological polar surface area (TPSA) is 354 Å². The van der Waals surface area contributed by atoms with Gasteiger partial charge in [0.25, 0.3) is 15.9 Å². The molecule has 2 aliphatic heterocycles. The van der Waals surface area contributed by atoms with Crippen LogP contribution in [0.1, 0.15) is 105 Å². The summed E-state index contributed by atoms with van der Waals surface area (Å²) in [7, 11) is 8.01. The van der Waals surface area contributed by atoms with Crippen LogP contribution in [0.15, 0.2) is 261 Å². The van der Waals surface area contributed by atoms with Gasteiger partial charge in [0.05, 0.1) is 94.9 Å². The number of aromatic carboxylic acids is 1. The molecule has 0 saturated carbocycles. The van der Waals surface area contributed by atoms with Crippen LogP contribution >= 0.6 is 86.3 Å². The molecule has 2 aliphatic rings. The number of carboxylic acid groups (broad SMARTS) is 1. The summed E-state index contributed by atoms with van der Waals surface area (Å²) in [4.78, 5) is 58.3. The number of halogens is 11. The Balaban J connectivity index is 0.000000188. The number of aromatic amines is 1.